The number of ether oxygens (including phenoxy) is 3. The highest BCUT2D eigenvalue weighted by Gasteiger charge is 2.39. The third kappa shape index (κ3) is 5.38. The zero-order valence-corrected chi connectivity index (χ0v) is 20.0. The Hall–Kier alpha value is -3.24. The molecule has 0 N–H and O–H groups in total. The monoisotopic (exact) mass is 464 g/mol. The Morgan fingerprint density at radius 2 is 1.14 bits per heavy atom. The van der Waals surface area contributed by atoms with E-state index in [1.54, 1.807) is 0 Å². The fraction of sp³-hybridized carbons (Fsp3) is 0.250. The molecule has 1 heterocycles. The van der Waals surface area contributed by atoms with E-state index in [0.717, 1.165) is 36.1 Å². The predicted molar refractivity (Wildman–Crippen MR) is 139 cm³/mol. The molecule has 0 saturated carbocycles. The normalized spacial score (nSPS) is 18.3. The average molecular weight is 465 g/mol. The summed E-state index contributed by atoms with van der Waals surface area (Å²) in [7, 11) is 0. The Kier molecular flexibility index (Phi) is 7.69. The lowest BCUT2D eigenvalue weighted by Gasteiger charge is -2.39. The molecule has 3 heteroatoms. The standard InChI is InChI=1S/C32H32O3/c1-5-14-26(15-6-1)24-34-30-22-13-23-33-31(30)25-35-32(27-16-7-2-8-17-27,28-18-9-3-10-19-28)29-20-11-4-12-21-29/h1-12,14-21,30-31H,13,22-25H2/t30-,31+/m0/s1. The maximum Gasteiger partial charge on any atom is 0.143 e. The van der Waals surface area contributed by atoms with E-state index in [2.05, 4.69) is 84.9 Å². The van der Waals surface area contributed by atoms with E-state index in [-0.39, 0.29) is 12.2 Å². The van der Waals surface area contributed by atoms with Crippen LogP contribution in [-0.2, 0) is 26.4 Å². The Morgan fingerprint density at radius 3 is 1.66 bits per heavy atom. The Morgan fingerprint density at radius 1 is 0.657 bits per heavy atom. The molecule has 1 aliphatic rings. The molecular formula is C32H32O3. The number of benzene rings is 4. The number of hydrogen-bond donors (Lipinski definition) is 0. The molecule has 1 saturated heterocycles. The number of rotatable bonds is 9. The lowest BCUT2D eigenvalue weighted by atomic mass is 9.80. The predicted octanol–water partition coefficient (Wildman–Crippen LogP) is 6.76. The zero-order chi connectivity index (χ0) is 23.8. The van der Waals surface area contributed by atoms with Crippen LogP contribution in [0, 0.1) is 0 Å². The Balaban J connectivity index is 1.45. The van der Waals surface area contributed by atoms with Gasteiger partial charge in [-0.15, -0.1) is 0 Å². The zero-order valence-electron chi connectivity index (χ0n) is 20.0. The quantitative estimate of drug-likeness (QED) is 0.256. The molecule has 2 atom stereocenters. The van der Waals surface area contributed by atoms with E-state index in [4.69, 9.17) is 14.2 Å². The van der Waals surface area contributed by atoms with Gasteiger partial charge in [0, 0.05) is 6.61 Å². The summed E-state index contributed by atoms with van der Waals surface area (Å²) in [5, 5.41) is 0. The minimum atomic E-state index is -0.755. The third-order valence-corrected chi connectivity index (χ3v) is 6.69. The molecule has 1 aliphatic heterocycles. The molecule has 1 fully saturated rings. The summed E-state index contributed by atoms with van der Waals surface area (Å²) in [6.07, 6.45) is 1.82. The van der Waals surface area contributed by atoms with Crippen LogP contribution >= 0.6 is 0 Å². The molecule has 4 aromatic rings. The van der Waals surface area contributed by atoms with Crippen LogP contribution in [0.15, 0.2) is 121 Å². The highest BCUT2D eigenvalue weighted by atomic mass is 16.6. The average Bonchev–Trinajstić information content (AvgIpc) is 2.95. The van der Waals surface area contributed by atoms with Crippen LogP contribution < -0.4 is 0 Å². The maximum atomic E-state index is 7.00. The summed E-state index contributed by atoms with van der Waals surface area (Å²) >= 11 is 0. The van der Waals surface area contributed by atoms with Gasteiger partial charge in [0.05, 0.1) is 19.3 Å². The highest BCUT2D eigenvalue weighted by molar-refractivity contribution is 5.47. The van der Waals surface area contributed by atoms with Crippen molar-refractivity contribution in [3.05, 3.63) is 144 Å². The van der Waals surface area contributed by atoms with Crippen molar-refractivity contribution in [2.75, 3.05) is 13.2 Å². The minimum absolute atomic E-state index is 0.0102. The van der Waals surface area contributed by atoms with Crippen molar-refractivity contribution in [3.63, 3.8) is 0 Å². The second-order valence-electron chi connectivity index (χ2n) is 8.98. The fourth-order valence-electron chi connectivity index (χ4n) is 4.91. The van der Waals surface area contributed by atoms with Crippen LogP contribution in [0.2, 0.25) is 0 Å². The van der Waals surface area contributed by atoms with Gasteiger partial charge in [0.15, 0.2) is 0 Å². The molecule has 0 aromatic heterocycles. The summed E-state index contributed by atoms with van der Waals surface area (Å²) in [6.45, 7) is 1.74. The van der Waals surface area contributed by atoms with Crippen LogP contribution in [0.1, 0.15) is 35.1 Å². The van der Waals surface area contributed by atoms with Crippen molar-refractivity contribution in [3.8, 4) is 0 Å². The molecule has 0 spiro atoms. The first-order valence-corrected chi connectivity index (χ1v) is 12.4. The van der Waals surface area contributed by atoms with Crippen molar-refractivity contribution in [2.45, 2.75) is 37.3 Å². The van der Waals surface area contributed by atoms with Crippen molar-refractivity contribution in [1.82, 2.24) is 0 Å². The van der Waals surface area contributed by atoms with Crippen LogP contribution in [-0.4, -0.2) is 25.4 Å². The summed E-state index contributed by atoms with van der Waals surface area (Å²) < 4.78 is 19.6. The van der Waals surface area contributed by atoms with Gasteiger partial charge in [-0.1, -0.05) is 121 Å². The fourth-order valence-corrected chi connectivity index (χ4v) is 4.91. The molecular weight excluding hydrogens is 432 g/mol. The van der Waals surface area contributed by atoms with Crippen LogP contribution in [0.3, 0.4) is 0 Å². The van der Waals surface area contributed by atoms with E-state index in [1.165, 1.54) is 5.56 Å². The highest BCUT2D eigenvalue weighted by Crippen LogP contribution is 2.41. The summed E-state index contributed by atoms with van der Waals surface area (Å²) in [5.41, 5.74) is 3.69. The van der Waals surface area contributed by atoms with Crippen molar-refractivity contribution in [2.24, 2.45) is 0 Å². The minimum Gasteiger partial charge on any atom is -0.373 e. The molecule has 3 nitrogen and oxygen atoms in total. The first-order chi connectivity index (χ1) is 17.4. The lowest BCUT2D eigenvalue weighted by molar-refractivity contribution is -0.150. The van der Waals surface area contributed by atoms with Crippen LogP contribution in [0.5, 0.6) is 0 Å². The smallest absolute Gasteiger partial charge is 0.143 e. The van der Waals surface area contributed by atoms with Crippen LogP contribution in [0.4, 0.5) is 0 Å². The second kappa shape index (κ2) is 11.5. The van der Waals surface area contributed by atoms with Crippen molar-refractivity contribution < 1.29 is 14.2 Å². The summed E-state index contributed by atoms with van der Waals surface area (Å²) in [5.74, 6) is 0. The molecule has 35 heavy (non-hydrogen) atoms. The Labute approximate surface area is 208 Å². The number of hydrogen-bond acceptors (Lipinski definition) is 3. The van der Waals surface area contributed by atoms with Gasteiger partial charge in [0.2, 0.25) is 0 Å². The molecule has 0 bridgehead atoms. The second-order valence-corrected chi connectivity index (χ2v) is 8.98. The third-order valence-electron chi connectivity index (χ3n) is 6.69. The Bertz CT molecular complexity index is 1050. The molecule has 178 valence electrons. The molecule has 0 aliphatic carbocycles. The summed E-state index contributed by atoms with van der Waals surface area (Å²) in [6, 6.07) is 41.7. The van der Waals surface area contributed by atoms with E-state index >= 15 is 0 Å². The molecule has 5 rings (SSSR count). The SMILES string of the molecule is c1ccc(CO[C@H]2CCCO[C@@H]2COC(c2ccccc2)(c2ccccc2)c2ccccc2)cc1. The molecule has 0 radical (unpaired) electrons. The van der Waals surface area contributed by atoms with Gasteiger partial charge >= 0.3 is 0 Å². The molecule has 4 aromatic carbocycles. The van der Waals surface area contributed by atoms with Gasteiger partial charge in [-0.25, -0.2) is 0 Å². The van der Waals surface area contributed by atoms with E-state index < -0.39 is 5.60 Å². The van der Waals surface area contributed by atoms with Gasteiger partial charge in [-0.05, 0) is 35.1 Å². The van der Waals surface area contributed by atoms with E-state index in [1.807, 2.05) is 36.4 Å². The maximum absolute atomic E-state index is 7.00. The van der Waals surface area contributed by atoms with E-state index in [0.29, 0.717) is 13.2 Å². The largest absolute Gasteiger partial charge is 0.373 e. The van der Waals surface area contributed by atoms with E-state index in [9.17, 15) is 0 Å². The summed E-state index contributed by atoms with van der Waals surface area (Å²) in [4.78, 5) is 0. The molecule has 0 amide bonds. The topological polar surface area (TPSA) is 27.7 Å². The van der Waals surface area contributed by atoms with Gasteiger partial charge in [0.1, 0.15) is 11.7 Å². The van der Waals surface area contributed by atoms with Gasteiger partial charge in [0.25, 0.3) is 0 Å². The van der Waals surface area contributed by atoms with Crippen molar-refractivity contribution >= 4 is 0 Å². The van der Waals surface area contributed by atoms with Crippen LogP contribution in [0.25, 0.3) is 0 Å². The molecule has 0 unspecified atom stereocenters. The van der Waals surface area contributed by atoms with Crippen molar-refractivity contribution in [1.29, 1.82) is 0 Å². The van der Waals surface area contributed by atoms with Gasteiger partial charge in [-0.3, -0.25) is 0 Å². The lowest BCUT2D eigenvalue weighted by Crippen LogP contribution is -2.43. The van der Waals surface area contributed by atoms with Gasteiger partial charge in [-0.2, -0.15) is 0 Å². The first-order valence-electron chi connectivity index (χ1n) is 12.4. The first kappa shape index (κ1) is 23.5. The van der Waals surface area contributed by atoms with Gasteiger partial charge < -0.3 is 14.2 Å².